The Kier molecular flexibility index (Phi) is 1.22. The van der Waals surface area contributed by atoms with E-state index in [1.165, 1.54) is 10.9 Å². The van der Waals surface area contributed by atoms with E-state index in [-0.39, 0.29) is 0 Å². The van der Waals surface area contributed by atoms with Gasteiger partial charge in [0.25, 0.3) is 0 Å². The number of aromatic nitrogens is 2. The predicted octanol–water partition coefficient (Wildman–Crippen LogP) is 2.18. The number of H-pyrrole nitrogens is 1. The SMILES string of the molecule is Cc1ccc2c(C)[nH]nc2c1. The number of hydrogen-bond donors (Lipinski definition) is 1. The summed E-state index contributed by atoms with van der Waals surface area (Å²) in [5.41, 5.74) is 3.45. The fraction of sp³-hybridized carbons (Fsp3) is 0.222. The molecule has 0 aliphatic carbocycles. The average molecular weight is 146 g/mol. The summed E-state index contributed by atoms with van der Waals surface area (Å²) in [6, 6.07) is 6.28. The molecule has 2 heteroatoms. The maximum atomic E-state index is 4.15. The third-order valence-corrected chi connectivity index (χ3v) is 1.90. The minimum absolute atomic E-state index is 1.06. The first-order valence-electron chi connectivity index (χ1n) is 3.69. The monoisotopic (exact) mass is 146 g/mol. The van der Waals surface area contributed by atoms with Gasteiger partial charge < -0.3 is 0 Å². The van der Waals surface area contributed by atoms with Gasteiger partial charge in [-0.2, -0.15) is 5.10 Å². The van der Waals surface area contributed by atoms with Crippen LogP contribution in [0.3, 0.4) is 0 Å². The Morgan fingerprint density at radius 1 is 1.27 bits per heavy atom. The van der Waals surface area contributed by atoms with E-state index >= 15 is 0 Å². The number of benzene rings is 1. The quantitative estimate of drug-likeness (QED) is 0.606. The topological polar surface area (TPSA) is 28.7 Å². The van der Waals surface area contributed by atoms with Crippen LogP contribution in [0.4, 0.5) is 0 Å². The summed E-state index contributed by atoms with van der Waals surface area (Å²) in [6.07, 6.45) is 0. The molecule has 1 heterocycles. The Hall–Kier alpha value is -1.31. The highest BCUT2D eigenvalue weighted by Gasteiger charge is 1.98. The largest absolute Gasteiger partial charge is 0.282 e. The van der Waals surface area contributed by atoms with Gasteiger partial charge in [0.2, 0.25) is 0 Å². The van der Waals surface area contributed by atoms with E-state index in [9.17, 15) is 0 Å². The lowest BCUT2D eigenvalue weighted by atomic mass is 10.1. The van der Waals surface area contributed by atoms with Crippen LogP contribution in [0, 0.1) is 13.8 Å². The molecular weight excluding hydrogens is 136 g/mol. The second-order valence-electron chi connectivity index (χ2n) is 2.87. The molecule has 56 valence electrons. The molecule has 0 saturated heterocycles. The van der Waals surface area contributed by atoms with Crippen molar-refractivity contribution in [2.45, 2.75) is 13.8 Å². The van der Waals surface area contributed by atoms with E-state index in [0.717, 1.165) is 11.2 Å². The smallest absolute Gasteiger partial charge is 0.0926 e. The summed E-state index contributed by atoms with van der Waals surface area (Å²) in [5, 5.41) is 8.33. The molecule has 0 saturated carbocycles. The summed E-state index contributed by atoms with van der Waals surface area (Å²) in [4.78, 5) is 0. The highest BCUT2D eigenvalue weighted by atomic mass is 15.1. The third kappa shape index (κ3) is 0.909. The van der Waals surface area contributed by atoms with Crippen LogP contribution in [0.15, 0.2) is 18.2 Å². The van der Waals surface area contributed by atoms with Crippen molar-refractivity contribution in [2.24, 2.45) is 0 Å². The molecule has 2 aromatic rings. The molecule has 0 amide bonds. The van der Waals surface area contributed by atoms with Gasteiger partial charge in [-0.1, -0.05) is 12.1 Å². The molecule has 0 fully saturated rings. The van der Waals surface area contributed by atoms with E-state index < -0.39 is 0 Å². The van der Waals surface area contributed by atoms with Gasteiger partial charge >= 0.3 is 0 Å². The molecule has 0 radical (unpaired) electrons. The second-order valence-corrected chi connectivity index (χ2v) is 2.87. The van der Waals surface area contributed by atoms with Crippen molar-refractivity contribution >= 4 is 10.9 Å². The number of aromatic amines is 1. The van der Waals surface area contributed by atoms with E-state index in [4.69, 9.17) is 0 Å². The molecule has 0 spiro atoms. The minimum atomic E-state index is 1.06. The lowest BCUT2D eigenvalue weighted by Crippen LogP contribution is -1.71. The van der Waals surface area contributed by atoms with Crippen molar-refractivity contribution in [2.75, 3.05) is 0 Å². The van der Waals surface area contributed by atoms with Crippen LogP contribution < -0.4 is 0 Å². The minimum Gasteiger partial charge on any atom is -0.282 e. The standard InChI is InChI=1S/C9H10N2/c1-6-3-4-8-7(2)10-11-9(8)5-6/h3-5H,1-2H3,(H,10,11). The molecule has 0 bridgehead atoms. The van der Waals surface area contributed by atoms with Gasteiger partial charge in [0.1, 0.15) is 0 Å². The Balaban J connectivity index is 2.86. The van der Waals surface area contributed by atoms with E-state index in [0.29, 0.717) is 0 Å². The zero-order chi connectivity index (χ0) is 7.84. The Labute approximate surface area is 65.2 Å². The molecule has 0 atom stereocenters. The van der Waals surface area contributed by atoms with Crippen molar-refractivity contribution in [1.82, 2.24) is 10.2 Å². The molecule has 0 unspecified atom stereocenters. The first-order chi connectivity index (χ1) is 5.27. The van der Waals surface area contributed by atoms with Gasteiger partial charge in [-0.25, -0.2) is 0 Å². The molecule has 2 nitrogen and oxygen atoms in total. The number of fused-ring (bicyclic) bond motifs is 1. The van der Waals surface area contributed by atoms with Gasteiger partial charge in [0.15, 0.2) is 0 Å². The highest BCUT2D eigenvalue weighted by molar-refractivity contribution is 5.81. The number of hydrogen-bond acceptors (Lipinski definition) is 1. The van der Waals surface area contributed by atoms with Gasteiger partial charge in [-0.3, -0.25) is 5.10 Å². The molecule has 0 aliphatic rings. The van der Waals surface area contributed by atoms with E-state index in [1.54, 1.807) is 0 Å². The lowest BCUT2D eigenvalue weighted by Gasteiger charge is -1.90. The lowest BCUT2D eigenvalue weighted by molar-refractivity contribution is 1.07. The van der Waals surface area contributed by atoms with Gasteiger partial charge in [0, 0.05) is 11.1 Å². The van der Waals surface area contributed by atoms with E-state index in [1.807, 2.05) is 6.92 Å². The van der Waals surface area contributed by atoms with Crippen LogP contribution in [-0.4, -0.2) is 10.2 Å². The van der Waals surface area contributed by atoms with Crippen molar-refractivity contribution < 1.29 is 0 Å². The summed E-state index contributed by atoms with van der Waals surface area (Å²) < 4.78 is 0. The van der Waals surface area contributed by atoms with Crippen LogP contribution in [0.5, 0.6) is 0 Å². The van der Waals surface area contributed by atoms with Gasteiger partial charge in [-0.15, -0.1) is 0 Å². The first-order valence-corrected chi connectivity index (χ1v) is 3.69. The molecule has 0 aliphatic heterocycles. The molecular formula is C9H10N2. The summed E-state index contributed by atoms with van der Waals surface area (Å²) in [7, 11) is 0. The molecule has 1 aromatic heterocycles. The highest BCUT2D eigenvalue weighted by Crippen LogP contribution is 2.15. The Morgan fingerprint density at radius 2 is 2.09 bits per heavy atom. The number of rotatable bonds is 0. The van der Waals surface area contributed by atoms with Crippen molar-refractivity contribution in [3.8, 4) is 0 Å². The van der Waals surface area contributed by atoms with Gasteiger partial charge in [-0.05, 0) is 25.5 Å². The molecule has 1 aromatic carbocycles. The predicted molar refractivity (Wildman–Crippen MR) is 45.6 cm³/mol. The molecule has 1 N–H and O–H groups in total. The number of nitrogens with zero attached hydrogens (tertiary/aromatic N) is 1. The maximum Gasteiger partial charge on any atom is 0.0926 e. The van der Waals surface area contributed by atoms with Crippen LogP contribution in [0.25, 0.3) is 10.9 Å². The molecule has 11 heavy (non-hydrogen) atoms. The maximum absolute atomic E-state index is 4.15. The third-order valence-electron chi connectivity index (χ3n) is 1.90. The van der Waals surface area contributed by atoms with Crippen LogP contribution >= 0.6 is 0 Å². The fourth-order valence-electron chi connectivity index (χ4n) is 1.26. The normalized spacial score (nSPS) is 10.7. The van der Waals surface area contributed by atoms with Gasteiger partial charge in [0.05, 0.1) is 5.52 Å². The summed E-state index contributed by atoms with van der Waals surface area (Å²) >= 11 is 0. The zero-order valence-corrected chi connectivity index (χ0v) is 6.68. The first kappa shape index (κ1) is 6.40. The van der Waals surface area contributed by atoms with Crippen LogP contribution in [0.2, 0.25) is 0 Å². The Bertz CT molecular complexity index is 387. The fourth-order valence-corrected chi connectivity index (χ4v) is 1.26. The van der Waals surface area contributed by atoms with Crippen molar-refractivity contribution in [1.29, 1.82) is 0 Å². The summed E-state index contributed by atoms with van der Waals surface area (Å²) in [6.45, 7) is 4.11. The average Bonchev–Trinajstić information content (AvgIpc) is 2.32. The number of aryl methyl sites for hydroxylation is 2. The Morgan fingerprint density at radius 3 is 2.91 bits per heavy atom. The van der Waals surface area contributed by atoms with Crippen LogP contribution in [-0.2, 0) is 0 Å². The zero-order valence-electron chi connectivity index (χ0n) is 6.68. The van der Waals surface area contributed by atoms with Crippen LogP contribution in [0.1, 0.15) is 11.3 Å². The van der Waals surface area contributed by atoms with Crippen molar-refractivity contribution in [3.63, 3.8) is 0 Å². The number of nitrogens with one attached hydrogen (secondary N) is 1. The second kappa shape index (κ2) is 2.09. The van der Waals surface area contributed by atoms with Crippen molar-refractivity contribution in [3.05, 3.63) is 29.5 Å². The summed E-state index contributed by atoms with van der Waals surface area (Å²) in [5.74, 6) is 0. The van der Waals surface area contributed by atoms with E-state index in [2.05, 4.69) is 35.3 Å². The molecule has 2 rings (SSSR count).